The van der Waals surface area contributed by atoms with Crippen LogP contribution in [-0.4, -0.2) is 12.6 Å². The van der Waals surface area contributed by atoms with Crippen molar-refractivity contribution in [2.24, 2.45) is 5.41 Å². The molecule has 33 heavy (non-hydrogen) atoms. The van der Waals surface area contributed by atoms with Crippen LogP contribution in [0.5, 0.6) is 0 Å². The summed E-state index contributed by atoms with van der Waals surface area (Å²) >= 11 is 0. The van der Waals surface area contributed by atoms with Gasteiger partial charge in [-0.2, -0.15) is 0 Å². The van der Waals surface area contributed by atoms with E-state index in [2.05, 4.69) is 34.3 Å². The van der Waals surface area contributed by atoms with Gasteiger partial charge in [-0.05, 0) is 32.6 Å². The highest BCUT2D eigenvalue weighted by atomic mass is 16.5. The normalized spacial score (nSPS) is 13.1. The van der Waals surface area contributed by atoms with Crippen molar-refractivity contribution in [1.29, 1.82) is 0 Å². The second-order valence-electron chi connectivity index (χ2n) is 10.6. The van der Waals surface area contributed by atoms with Gasteiger partial charge in [-0.15, -0.1) is 0 Å². The van der Waals surface area contributed by atoms with Gasteiger partial charge in [0.1, 0.15) is 0 Å². The van der Waals surface area contributed by atoms with Gasteiger partial charge in [-0.25, -0.2) is 0 Å². The Labute approximate surface area is 208 Å². The predicted octanol–water partition coefficient (Wildman–Crippen LogP) is 10.7. The van der Waals surface area contributed by atoms with Crippen molar-refractivity contribution in [3.63, 3.8) is 0 Å². The van der Waals surface area contributed by atoms with Crippen LogP contribution in [0.1, 0.15) is 169 Å². The first-order valence-electron chi connectivity index (χ1n) is 14.9. The van der Waals surface area contributed by atoms with Gasteiger partial charge in [0.2, 0.25) is 0 Å². The molecule has 0 aliphatic carbocycles. The average molecular weight is 465 g/mol. The first kappa shape index (κ1) is 32.2. The molecule has 0 aromatic rings. The molecule has 0 spiro atoms. The Morgan fingerprint density at radius 2 is 1.00 bits per heavy atom. The van der Waals surface area contributed by atoms with Gasteiger partial charge < -0.3 is 4.74 Å². The third-order valence-corrected chi connectivity index (χ3v) is 7.32. The molecule has 0 aromatic carbocycles. The molecule has 1 atom stereocenters. The zero-order chi connectivity index (χ0) is 24.6. The van der Waals surface area contributed by atoms with Crippen LogP contribution in [0.2, 0.25) is 0 Å². The van der Waals surface area contributed by atoms with Crippen molar-refractivity contribution >= 4 is 5.97 Å². The molecule has 0 rings (SSSR count). The first-order valence-corrected chi connectivity index (χ1v) is 14.9. The van der Waals surface area contributed by atoms with Crippen LogP contribution < -0.4 is 0 Å². The summed E-state index contributed by atoms with van der Waals surface area (Å²) in [5.41, 5.74) is 0.600. The van der Waals surface area contributed by atoms with Crippen LogP contribution >= 0.6 is 0 Å². The summed E-state index contributed by atoms with van der Waals surface area (Å²) in [6.07, 6.45) is 27.2. The van der Waals surface area contributed by atoms with Gasteiger partial charge in [0.25, 0.3) is 0 Å². The molecule has 2 heteroatoms. The fraction of sp³-hybridized carbons (Fsp3) is 0.903. The lowest BCUT2D eigenvalue weighted by Crippen LogP contribution is -2.32. The maximum Gasteiger partial charge on any atom is 0.315 e. The van der Waals surface area contributed by atoms with Gasteiger partial charge >= 0.3 is 5.97 Å². The average Bonchev–Trinajstić information content (AvgIpc) is 2.81. The van der Waals surface area contributed by atoms with E-state index in [0.29, 0.717) is 6.61 Å². The van der Waals surface area contributed by atoms with E-state index < -0.39 is 5.41 Å². The van der Waals surface area contributed by atoms with Gasteiger partial charge in [0, 0.05) is 0 Å². The smallest absolute Gasteiger partial charge is 0.315 e. The van der Waals surface area contributed by atoms with Gasteiger partial charge in [0.05, 0.1) is 12.0 Å². The molecule has 0 saturated heterocycles. The van der Waals surface area contributed by atoms with Crippen LogP contribution in [0.4, 0.5) is 0 Å². The second-order valence-corrected chi connectivity index (χ2v) is 10.6. The lowest BCUT2D eigenvalue weighted by molar-refractivity contribution is -0.153. The number of hydrogen-bond acceptors (Lipinski definition) is 2. The molecule has 0 aliphatic heterocycles. The minimum Gasteiger partial charge on any atom is -0.465 e. The van der Waals surface area contributed by atoms with Crippen LogP contribution in [0, 0.1) is 5.41 Å². The maximum atomic E-state index is 13.2. The van der Waals surface area contributed by atoms with E-state index in [9.17, 15) is 4.79 Å². The molecular formula is C31H60O2. The number of hydrogen-bond donors (Lipinski definition) is 0. The van der Waals surface area contributed by atoms with Crippen molar-refractivity contribution in [2.75, 3.05) is 6.61 Å². The van der Waals surface area contributed by atoms with Gasteiger partial charge in [-0.3, -0.25) is 4.79 Å². The number of ether oxygens (including phenoxy) is 1. The molecule has 0 bridgehead atoms. The van der Waals surface area contributed by atoms with Crippen LogP contribution in [0.15, 0.2) is 12.2 Å². The summed E-state index contributed by atoms with van der Waals surface area (Å²) in [6.45, 7) is 13.9. The zero-order valence-corrected chi connectivity index (χ0v) is 23.3. The van der Waals surface area contributed by atoms with Crippen LogP contribution in [0.3, 0.4) is 0 Å². The molecule has 2 nitrogen and oxygen atoms in total. The van der Waals surface area contributed by atoms with Crippen molar-refractivity contribution in [3.05, 3.63) is 12.2 Å². The molecule has 0 heterocycles. The Bertz CT molecular complexity index is 424. The fourth-order valence-electron chi connectivity index (χ4n) is 4.64. The third-order valence-electron chi connectivity index (χ3n) is 7.32. The standard InChI is InChI=1S/C31H60O2/c1-6-9-12-15-18-20-23-26-29(4)31(5,27-24-21-19-16-13-10-7-2)30(32)33-28-25-22-17-14-11-8-3/h4,6-28H2,1-3,5H3. The van der Waals surface area contributed by atoms with E-state index in [1.807, 2.05) is 0 Å². The van der Waals surface area contributed by atoms with Crippen molar-refractivity contribution in [1.82, 2.24) is 0 Å². The maximum absolute atomic E-state index is 13.2. The minimum absolute atomic E-state index is 0.0185. The Kier molecular flexibility index (Phi) is 22.4. The third kappa shape index (κ3) is 17.3. The van der Waals surface area contributed by atoms with Crippen molar-refractivity contribution < 1.29 is 9.53 Å². The Hall–Kier alpha value is -0.790. The highest BCUT2D eigenvalue weighted by Gasteiger charge is 2.36. The summed E-state index contributed by atoms with van der Waals surface area (Å²) < 4.78 is 5.82. The van der Waals surface area contributed by atoms with Crippen molar-refractivity contribution in [3.8, 4) is 0 Å². The monoisotopic (exact) mass is 464 g/mol. The van der Waals surface area contributed by atoms with E-state index in [1.165, 1.54) is 109 Å². The summed E-state index contributed by atoms with van der Waals surface area (Å²) in [6, 6.07) is 0. The number of carbonyl (C=O) groups excluding carboxylic acids is 1. The first-order chi connectivity index (χ1) is 16.0. The zero-order valence-electron chi connectivity index (χ0n) is 23.3. The topological polar surface area (TPSA) is 26.3 Å². The minimum atomic E-state index is -0.506. The predicted molar refractivity (Wildman–Crippen MR) is 147 cm³/mol. The molecule has 1 unspecified atom stereocenters. The SMILES string of the molecule is C=C(CCCCCCCCC)C(C)(CCCCCCCCC)C(=O)OCCCCCCCC. The highest BCUT2D eigenvalue weighted by molar-refractivity contribution is 5.80. The van der Waals surface area contributed by atoms with E-state index in [1.54, 1.807) is 0 Å². The summed E-state index contributed by atoms with van der Waals surface area (Å²) in [5, 5.41) is 0. The largest absolute Gasteiger partial charge is 0.465 e. The fourth-order valence-corrected chi connectivity index (χ4v) is 4.64. The lowest BCUT2D eigenvalue weighted by Gasteiger charge is -2.30. The Morgan fingerprint density at radius 3 is 1.48 bits per heavy atom. The van der Waals surface area contributed by atoms with E-state index in [4.69, 9.17) is 4.74 Å². The van der Waals surface area contributed by atoms with E-state index >= 15 is 0 Å². The molecule has 0 radical (unpaired) electrons. The molecule has 196 valence electrons. The van der Waals surface area contributed by atoms with E-state index in [0.717, 1.165) is 37.7 Å². The summed E-state index contributed by atoms with van der Waals surface area (Å²) in [5.74, 6) is -0.0185. The van der Waals surface area contributed by atoms with Crippen LogP contribution in [0.25, 0.3) is 0 Å². The lowest BCUT2D eigenvalue weighted by atomic mass is 9.76. The molecule has 0 aliphatic rings. The van der Waals surface area contributed by atoms with Gasteiger partial charge in [-0.1, -0.05) is 148 Å². The number of carbonyl (C=O) groups is 1. The molecule has 0 fully saturated rings. The van der Waals surface area contributed by atoms with E-state index in [-0.39, 0.29) is 5.97 Å². The van der Waals surface area contributed by atoms with Gasteiger partial charge in [0.15, 0.2) is 0 Å². The summed E-state index contributed by atoms with van der Waals surface area (Å²) in [7, 11) is 0. The molecule has 0 aromatic heterocycles. The van der Waals surface area contributed by atoms with Crippen LogP contribution in [-0.2, 0) is 9.53 Å². The Morgan fingerprint density at radius 1 is 0.606 bits per heavy atom. The van der Waals surface area contributed by atoms with Crippen molar-refractivity contribution in [2.45, 2.75) is 169 Å². The molecule has 0 N–H and O–H groups in total. The Balaban J connectivity index is 4.50. The highest BCUT2D eigenvalue weighted by Crippen LogP contribution is 2.37. The quantitative estimate of drug-likeness (QED) is 0.0762. The second kappa shape index (κ2) is 23.0. The number of unbranched alkanes of at least 4 members (excludes halogenated alkanes) is 17. The molecular weight excluding hydrogens is 404 g/mol. The summed E-state index contributed by atoms with van der Waals surface area (Å²) in [4.78, 5) is 13.2. The molecule has 0 amide bonds. The molecule has 0 saturated carbocycles. The number of rotatable bonds is 25. The number of esters is 1.